The SMILES string of the molecule is COCc1cc(-c2ccc(C)cc2C)nn1C. The molecule has 1 aromatic carbocycles. The molecule has 0 aliphatic heterocycles. The molecule has 0 amide bonds. The first-order chi connectivity index (χ1) is 8.11. The van der Waals surface area contributed by atoms with Crippen LogP contribution in [0.1, 0.15) is 16.8 Å². The van der Waals surface area contributed by atoms with E-state index in [0.717, 1.165) is 11.4 Å². The predicted molar refractivity (Wildman–Crippen MR) is 68.8 cm³/mol. The van der Waals surface area contributed by atoms with E-state index >= 15 is 0 Å². The highest BCUT2D eigenvalue weighted by molar-refractivity contribution is 5.64. The number of nitrogens with zero attached hydrogens (tertiary/aromatic N) is 2. The van der Waals surface area contributed by atoms with Gasteiger partial charge in [0.1, 0.15) is 0 Å². The Labute approximate surface area is 102 Å². The lowest BCUT2D eigenvalue weighted by Gasteiger charge is -2.03. The van der Waals surface area contributed by atoms with Gasteiger partial charge in [-0.25, -0.2) is 0 Å². The lowest BCUT2D eigenvalue weighted by molar-refractivity contribution is 0.178. The van der Waals surface area contributed by atoms with Gasteiger partial charge in [-0.05, 0) is 25.5 Å². The molecule has 0 aliphatic carbocycles. The third-order valence-electron chi connectivity index (χ3n) is 2.93. The largest absolute Gasteiger partial charge is 0.378 e. The highest BCUT2D eigenvalue weighted by atomic mass is 16.5. The van der Waals surface area contributed by atoms with Crippen LogP contribution in [0.4, 0.5) is 0 Å². The second kappa shape index (κ2) is 4.72. The second-order valence-corrected chi connectivity index (χ2v) is 4.40. The van der Waals surface area contributed by atoms with E-state index in [1.165, 1.54) is 16.7 Å². The van der Waals surface area contributed by atoms with Crippen molar-refractivity contribution in [2.75, 3.05) is 7.11 Å². The summed E-state index contributed by atoms with van der Waals surface area (Å²) in [6.07, 6.45) is 0. The number of benzene rings is 1. The van der Waals surface area contributed by atoms with Gasteiger partial charge in [0, 0.05) is 19.7 Å². The molecular formula is C14H18N2O. The fraction of sp³-hybridized carbons (Fsp3) is 0.357. The second-order valence-electron chi connectivity index (χ2n) is 4.40. The maximum Gasteiger partial charge on any atom is 0.0929 e. The molecule has 0 atom stereocenters. The predicted octanol–water partition coefficient (Wildman–Crippen LogP) is 2.85. The van der Waals surface area contributed by atoms with Crippen LogP contribution in [0.2, 0.25) is 0 Å². The molecule has 17 heavy (non-hydrogen) atoms. The van der Waals surface area contributed by atoms with Gasteiger partial charge in [-0.1, -0.05) is 23.8 Å². The third kappa shape index (κ3) is 2.39. The minimum absolute atomic E-state index is 0.592. The Kier molecular flexibility index (Phi) is 3.29. The van der Waals surface area contributed by atoms with Crippen LogP contribution in [-0.4, -0.2) is 16.9 Å². The molecule has 3 nitrogen and oxygen atoms in total. The third-order valence-corrected chi connectivity index (χ3v) is 2.93. The van der Waals surface area contributed by atoms with Gasteiger partial charge < -0.3 is 4.74 Å². The fourth-order valence-corrected chi connectivity index (χ4v) is 2.02. The topological polar surface area (TPSA) is 27.1 Å². The summed E-state index contributed by atoms with van der Waals surface area (Å²) in [5.74, 6) is 0. The number of aryl methyl sites for hydroxylation is 3. The molecule has 3 heteroatoms. The minimum Gasteiger partial charge on any atom is -0.378 e. The van der Waals surface area contributed by atoms with Gasteiger partial charge in [-0.2, -0.15) is 5.10 Å². The number of hydrogen-bond donors (Lipinski definition) is 0. The fourth-order valence-electron chi connectivity index (χ4n) is 2.02. The molecule has 0 radical (unpaired) electrons. The average molecular weight is 230 g/mol. The number of aromatic nitrogens is 2. The number of hydrogen-bond acceptors (Lipinski definition) is 2. The Bertz CT molecular complexity index is 529. The average Bonchev–Trinajstić information content (AvgIpc) is 2.60. The van der Waals surface area contributed by atoms with Crippen molar-refractivity contribution in [3.05, 3.63) is 41.1 Å². The lowest BCUT2D eigenvalue weighted by Crippen LogP contribution is -1.98. The lowest BCUT2D eigenvalue weighted by atomic mass is 10.0. The van der Waals surface area contributed by atoms with Crippen LogP contribution in [0.5, 0.6) is 0 Å². The van der Waals surface area contributed by atoms with Gasteiger partial charge >= 0.3 is 0 Å². The Morgan fingerprint density at radius 1 is 1.24 bits per heavy atom. The summed E-state index contributed by atoms with van der Waals surface area (Å²) >= 11 is 0. The molecule has 1 heterocycles. The molecule has 0 saturated carbocycles. The van der Waals surface area contributed by atoms with Gasteiger partial charge in [0.2, 0.25) is 0 Å². The van der Waals surface area contributed by atoms with Crippen LogP contribution in [0.15, 0.2) is 24.3 Å². The molecule has 0 unspecified atom stereocenters. The van der Waals surface area contributed by atoms with E-state index in [2.05, 4.69) is 43.2 Å². The quantitative estimate of drug-likeness (QED) is 0.810. The van der Waals surface area contributed by atoms with E-state index < -0.39 is 0 Å². The van der Waals surface area contributed by atoms with Crippen LogP contribution in [0.25, 0.3) is 11.3 Å². The van der Waals surface area contributed by atoms with E-state index in [-0.39, 0.29) is 0 Å². The number of ether oxygens (including phenoxy) is 1. The highest BCUT2D eigenvalue weighted by Gasteiger charge is 2.09. The first-order valence-electron chi connectivity index (χ1n) is 5.71. The molecule has 2 aromatic rings. The van der Waals surface area contributed by atoms with Crippen LogP contribution in [-0.2, 0) is 18.4 Å². The van der Waals surface area contributed by atoms with Crippen molar-refractivity contribution < 1.29 is 4.74 Å². The van der Waals surface area contributed by atoms with Gasteiger partial charge in [0.15, 0.2) is 0 Å². The smallest absolute Gasteiger partial charge is 0.0929 e. The van der Waals surface area contributed by atoms with Crippen LogP contribution >= 0.6 is 0 Å². The Hall–Kier alpha value is -1.61. The molecule has 0 aliphatic rings. The molecule has 0 spiro atoms. The summed E-state index contributed by atoms with van der Waals surface area (Å²) in [6.45, 7) is 4.81. The van der Waals surface area contributed by atoms with Crippen LogP contribution in [0.3, 0.4) is 0 Å². The maximum atomic E-state index is 5.15. The molecule has 1 aromatic heterocycles. The van der Waals surface area contributed by atoms with Crippen molar-refractivity contribution in [3.63, 3.8) is 0 Å². The standard InChI is InChI=1S/C14H18N2O/c1-10-5-6-13(11(2)7-10)14-8-12(9-17-4)16(3)15-14/h5-8H,9H2,1-4H3. The van der Waals surface area contributed by atoms with E-state index in [9.17, 15) is 0 Å². The van der Waals surface area contributed by atoms with E-state index in [0.29, 0.717) is 6.61 Å². The van der Waals surface area contributed by atoms with Crippen molar-refractivity contribution in [3.8, 4) is 11.3 Å². The molecule has 0 fully saturated rings. The van der Waals surface area contributed by atoms with Gasteiger partial charge in [0.25, 0.3) is 0 Å². The maximum absolute atomic E-state index is 5.15. The molecule has 2 rings (SSSR count). The summed E-state index contributed by atoms with van der Waals surface area (Å²) in [5, 5.41) is 4.53. The molecule has 90 valence electrons. The van der Waals surface area contributed by atoms with Crippen molar-refractivity contribution in [2.24, 2.45) is 7.05 Å². The molecule has 0 N–H and O–H groups in total. The summed E-state index contributed by atoms with van der Waals surface area (Å²) in [6, 6.07) is 8.51. The van der Waals surface area contributed by atoms with Crippen molar-refractivity contribution in [1.29, 1.82) is 0 Å². The van der Waals surface area contributed by atoms with Gasteiger partial charge in [-0.15, -0.1) is 0 Å². The van der Waals surface area contributed by atoms with Gasteiger partial charge in [-0.3, -0.25) is 4.68 Å². The zero-order valence-electron chi connectivity index (χ0n) is 10.8. The van der Waals surface area contributed by atoms with E-state index in [1.54, 1.807) is 7.11 Å². The molecule has 0 saturated heterocycles. The Morgan fingerprint density at radius 3 is 2.65 bits per heavy atom. The van der Waals surface area contributed by atoms with Crippen molar-refractivity contribution in [1.82, 2.24) is 9.78 Å². The Balaban J connectivity index is 2.42. The minimum atomic E-state index is 0.592. The summed E-state index contributed by atoms with van der Waals surface area (Å²) in [4.78, 5) is 0. The van der Waals surface area contributed by atoms with Crippen LogP contribution < -0.4 is 0 Å². The van der Waals surface area contributed by atoms with Crippen LogP contribution in [0, 0.1) is 13.8 Å². The normalized spacial score (nSPS) is 10.8. The molecular weight excluding hydrogens is 212 g/mol. The molecule has 0 bridgehead atoms. The Morgan fingerprint density at radius 2 is 2.00 bits per heavy atom. The van der Waals surface area contributed by atoms with E-state index in [1.807, 2.05) is 11.7 Å². The van der Waals surface area contributed by atoms with Crippen molar-refractivity contribution in [2.45, 2.75) is 20.5 Å². The zero-order valence-corrected chi connectivity index (χ0v) is 10.8. The van der Waals surface area contributed by atoms with Crippen molar-refractivity contribution >= 4 is 0 Å². The zero-order chi connectivity index (χ0) is 12.4. The summed E-state index contributed by atoms with van der Waals surface area (Å²) < 4.78 is 7.02. The van der Waals surface area contributed by atoms with E-state index in [4.69, 9.17) is 4.74 Å². The first kappa shape index (κ1) is 11.9. The monoisotopic (exact) mass is 230 g/mol. The number of methoxy groups -OCH3 is 1. The van der Waals surface area contributed by atoms with Gasteiger partial charge in [0.05, 0.1) is 18.0 Å². The highest BCUT2D eigenvalue weighted by Crippen LogP contribution is 2.23. The number of rotatable bonds is 3. The summed E-state index contributed by atoms with van der Waals surface area (Å²) in [5.41, 5.74) is 5.82. The first-order valence-corrected chi connectivity index (χ1v) is 5.71. The summed E-state index contributed by atoms with van der Waals surface area (Å²) in [7, 11) is 3.64.